The lowest BCUT2D eigenvalue weighted by Crippen LogP contribution is -2.39. The molecule has 0 aliphatic heterocycles. The summed E-state index contributed by atoms with van der Waals surface area (Å²) in [7, 11) is 0. The van der Waals surface area contributed by atoms with Crippen molar-refractivity contribution in [1.29, 1.82) is 0 Å². The first-order valence-electron chi connectivity index (χ1n) is 12.7. The van der Waals surface area contributed by atoms with E-state index in [0.717, 1.165) is 77.0 Å². The Hall–Kier alpha value is -1.06. The van der Waals surface area contributed by atoms with Crippen molar-refractivity contribution in [3.05, 3.63) is 0 Å². The fourth-order valence-electron chi connectivity index (χ4n) is 4.42. The van der Waals surface area contributed by atoms with Crippen molar-refractivity contribution >= 4 is 11.9 Å². The van der Waals surface area contributed by atoms with Crippen LogP contribution in [0.3, 0.4) is 0 Å². The highest BCUT2D eigenvalue weighted by molar-refractivity contribution is 5.82. The summed E-state index contributed by atoms with van der Waals surface area (Å²) in [5.41, 5.74) is 0. The van der Waals surface area contributed by atoms with Gasteiger partial charge in [-0.05, 0) is 50.4 Å². The molecule has 1 fully saturated rings. The van der Waals surface area contributed by atoms with Crippen molar-refractivity contribution in [2.24, 2.45) is 23.7 Å². The largest absolute Gasteiger partial charge is 0.462 e. The van der Waals surface area contributed by atoms with Gasteiger partial charge in [-0.3, -0.25) is 9.59 Å². The SMILES string of the molecule is CCCCCC(OC(=O)C1CCCCC1C(=O)OC(CCCCC)C(C)C)C(C)C. The fraction of sp³-hybridized carbons (Fsp3) is 0.923. The van der Waals surface area contributed by atoms with Gasteiger partial charge in [0.15, 0.2) is 0 Å². The smallest absolute Gasteiger partial charge is 0.310 e. The molecule has 0 radical (unpaired) electrons. The third-order valence-electron chi connectivity index (χ3n) is 6.58. The number of hydrogen-bond donors (Lipinski definition) is 0. The fourth-order valence-corrected chi connectivity index (χ4v) is 4.42. The van der Waals surface area contributed by atoms with Crippen LogP contribution in [-0.4, -0.2) is 24.1 Å². The Morgan fingerprint density at radius 3 is 1.37 bits per heavy atom. The molecule has 1 aliphatic carbocycles. The second kappa shape index (κ2) is 14.9. The van der Waals surface area contributed by atoms with Crippen molar-refractivity contribution in [2.45, 2.75) is 131 Å². The van der Waals surface area contributed by atoms with Crippen LogP contribution in [0.5, 0.6) is 0 Å². The molecular formula is C26H48O4. The predicted molar refractivity (Wildman–Crippen MR) is 123 cm³/mol. The zero-order valence-corrected chi connectivity index (χ0v) is 20.6. The number of ether oxygens (including phenoxy) is 2. The molecule has 4 unspecified atom stereocenters. The maximum atomic E-state index is 13.1. The zero-order valence-electron chi connectivity index (χ0n) is 20.6. The molecule has 0 amide bonds. The van der Waals surface area contributed by atoms with Crippen molar-refractivity contribution in [3.8, 4) is 0 Å². The van der Waals surface area contributed by atoms with E-state index in [1.807, 2.05) is 0 Å². The molecular weight excluding hydrogens is 376 g/mol. The minimum atomic E-state index is -0.345. The van der Waals surface area contributed by atoms with E-state index in [2.05, 4.69) is 41.5 Å². The Morgan fingerprint density at radius 1 is 0.700 bits per heavy atom. The van der Waals surface area contributed by atoms with E-state index in [1.165, 1.54) is 0 Å². The molecule has 0 N–H and O–H groups in total. The molecule has 4 atom stereocenters. The average molecular weight is 425 g/mol. The van der Waals surface area contributed by atoms with Crippen molar-refractivity contribution in [1.82, 2.24) is 0 Å². The molecule has 176 valence electrons. The summed E-state index contributed by atoms with van der Waals surface area (Å²) in [6.07, 6.45) is 11.9. The van der Waals surface area contributed by atoms with E-state index >= 15 is 0 Å². The van der Waals surface area contributed by atoms with Crippen LogP contribution in [0, 0.1) is 23.7 Å². The summed E-state index contributed by atoms with van der Waals surface area (Å²) in [5.74, 6) is -0.463. The van der Waals surface area contributed by atoms with Gasteiger partial charge in [0.05, 0.1) is 11.8 Å². The van der Waals surface area contributed by atoms with Crippen LogP contribution < -0.4 is 0 Å². The first-order chi connectivity index (χ1) is 14.3. The van der Waals surface area contributed by atoms with Gasteiger partial charge in [-0.25, -0.2) is 0 Å². The Balaban J connectivity index is 2.74. The van der Waals surface area contributed by atoms with Crippen molar-refractivity contribution < 1.29 is 19.1 Å². The molecule has 0 aromatic rings. The minimum absolute atomic E-state index is 0.0555. The maximum absolute atomic E-state index is 13.1. The lowest BCUT2D eigenvalue weighted by Gasteiger charge is -2.32. The second-order valence-corrected chi connectivity index (χ2v) is 9.93. The quantitative estimate of drug-likeness (QED) is 0.221. The average Bonchev–Trinajstić information content (AvgIpc) is 2.72. The van der Waals surface area contributed by atoms with Gasteiger partial charge in [-0.15, -0.1) is 0 Å². The summed E-state index contributed by atoms with van der Waals surface area (Å²) in [4.78, 5) is 26.1. The Bertz CT molecular complexity index is 441. The standard InChI is InChI=1S/C26H48O4/c1-7-9-11-17-23(19(3)4)29-25(27)21-15-13-14-16-22(21)26(28)30-24(20(5)6)18-12-10-8-2/h19-24H,7-18H2,1-6H3. The molecule has 0 saturated heterocycles. The number of hydrogen-bond acceptors (Lipinski definition) is 4. The summed E-state index contributed by atoms with van der Waals surface area (Å²) in [6, 6.07) is 0. The van der Waals surface area contributed by atoms with E-state index in [-0.39, 0.29) is 36.0 Å². The van der Waals surface area contributed by atoms with Gasteiger partial charge < -0.3 is 9.47 Å². The van der Waals surface area contributed by atoms with Crippen LogP contribution in [0.2, 0.25) is 0 Å². The zero-order chi connectivity index (χ0) is 22.5. The first-order valence-corrected chi connectivity index (χ1v) is 12.7. The van der Waals surface area contributed by atoms with Crippen LogP contribution in [0.25, 0.3) is 0 Å². The van der Waals surface area contributed by atoms with Gasteiger partial charge in [0, 0.05) is 0 Å². The molecule has 1 saturated carbocycles. The topological polar surface area (TPSA) is 52.6 Å². The molecule has 1 aliphatic rings. The van der Waals surface area contributed by atoms with Crippen LogP contribution >= 0.6 is 0 Å². The van der Waals surface area contributed by atoms with E-state index in [1.54, 1.807) is 0 Å². The van der Waals surface area contributed by atoms with Crippen LogP contribution in [0.1, 0.15) is 119 Å². The third-order valence-corrected chi connectivity index (χ3v) is 6.58. The lowest BCUT2D eigenvalue weighted by molar-refractivity contribution is -0.171. The van der Waals surface area contributed by atoms with Gasteiger partial charge >= 0.3 is 11.9 Å². The lowest BCUT2D eigenvalue weighted by atomic mass is 9.79. The molecule has 4 nitrogen and oxygen atoms in total. The predicted octanol–water partition coefficient (Wildman–Crippen LogP) is 7.09. The molecule has 0 spiro atoms. The normalized spacial score (nSPS) is 21.5. The van der Waals surface area contributed by atoms with Gasteiger partial charge in [0.2, 0.25) is 0 Å². The second-order valence-electron chi connectivity index (χ2n) is 9.93. The summed E-state index contributed by atoms with van der Waals surface area (Å²) in [5, 5.41) is 0. The first kappa shape index (κ1) is 27.0. The van der Waals surface area contributed by atoms with Gasteiger partial charge in [0.25, 0.3) is 0 Å². The molecule has 0 heterocycles. The van der Waals surface area contributed by atoms with E-state index in [4.69, 9.17) is 9.47 Å². The molecule has 1 rings (SSSR count). The van der Waals surface area contributed by atoms with Gasteiger partial charge in [-0.2, -0.15) is 0 Å². The highest BCUT2D eigenvalue weighted by atomic mass is 16.6. The van der Waals surface area contributed by atoms with Gasteiger partial charge in [-0.1, -0.05) is 80.1 Å². The van der Waals surface area contributed by atoms with Crippen LogP contribution in [-0.2, 0) is 19.1 Å². The summed E-state index contributed by atoms with van der Waals surface area (Å²) < 4.78 is 11.9. The Morgan fingerprint density at radius 2 is 1.07 bits per heavy atom. The summed E-state index contributed by atoms with van der Waals surface area (Å²) in [6.45, 7) is 12.8. The van der Waals surface area contributed by atoms with E-state index in [0.29, 0.717) is 11.8 Å². The van der Waals surface area contributed by atoms with Crippen molar-refractivity contribution in [2.75, 3.05) is 0 Å². The number of unbranched alkanes of at least 4 members (excludes halogenated alkanes) is 4. The Labute approximate surface area is 185 Å². The summed E-state index contributed by atoms with van der Waals surface area (Å²) >= 11 is 0. The number of carbonyl (C=O) groups excluding carboxylic acids is 2. The minimum Gasteiger partial charge on any atom is -0.462 e. The molecule has 30 heavy (non-hydrogen) atoms. The monoisotopic (exact) mass is 424 g/mol. The van der Waals surface area contributed by atoms with Crippen LogP contribution in [0.4, 0.5) is 0 Å². The molecule has 4 heteroatoms. The highest BCUT2D eigenvalue weighted by Crippen LogP contribution is 2.34. The molecule has 0 aromatic heterocycles. The van der Waals surface area contributed by atoms with E-state index in [9.17, 15) is 9.59 Å². The number of esters is 2. The van der Waals surface area contributed by atoms with Gasteiger partial charge in [0.1, 0.15) is 12.2 Å². The third kappa shape index (κ3) is 9.39. The van der Waals surface area contributed by atoms with Crippen LogP contribution in [0.15, 0.2) is 0 Å². The highest BCUT2D eigenvalue weighted by Gasteiger charge is 2.39. The van der Waals surface area contributed by atoms with E-state index < -0.39 is 0 Å². The number of carbonyl (C=O) groups is 2. The van der Waals surface area contributed by atoms with Crippen molar-refractivity contribution in [3.63, 3.8) is 0 Å². The molecule has 0 bridgehead atoms. The Kier molecular flexibility index (Phi) is 13.4. The molecule has 0 aromatic carbocycles. The number of rotatable bonds is 14. The maximum Gasteiger partial charge on any atom is 0.310 e.